The van der Waals surface area contributed by atoms with E-state index in [1.807, 2.05) is 0 Å². The monoisotopic (exact) mass is 350 g/mol. The summed E-state index contributed by atoms with van der Waals surface area (Å²) in [7, 11) is 0. The normalized spacial score (nSPS) is 12.4. The number of ether oxygens (including phenoxy) is 1. The van der Waals surface area contributed by atoms with E-state index < -0.39 is 40.5 Å². The molecule has 0 bridgehead atoms. The van der Waals surface area contributed by atoms with Gasteiger partial charge in [0.1, 0.15) is 5.75 Å². The molecule has 0 aliphatic heterocycles. The molecule has 0 N–H and O–H groups in total. The van der Waals surface area contributed by atoms with Gasteiger partial charge in [0.15, 0.2) is 5.78 Å². The van der Waals surface area contributed by atoms with E-state index in [4.69, 9.17) is 0 Å². The van der Waals surface area contributed by atoms with Gasteiger partial charge in [-0.25, -0.2) is 0 Å². The van der Waals surface area contributed by atoms with E-state index in [0.717, 1.165) is 6.07 Å². The molecule has 2 nitrogen and oxygen atoms in total. The molecule has 1 rings (SSSR count). The molecule has 0 spiro atoms. The predicted octanol–water partition coefficient (Wildman–Crippen LogP) is 4.18. The molecule has 0 radical (unpaired) electrons. The molecule has 0 unspecified atom stereocenters. The SMILES string of the molecule is O=C(CBr)c1c(OC(F)(F)F)cccc1C(F)(F)F. The molecular weight excluding hydrogens is 346 g/mol. The molecule has 0 aliphatic carbocycles. The number of carbonyl (C=O) groups excluding carboxylic acids is 1. The van der Waals surface area contributed by atoms with E-state index >= 15 is 0 Å². The molecule has 0 heterocycles. The first kappa shape index (κ1) is 15.8. The highest BCUT2D eigenvalue weighted by atomic mass is 79.9. The second-order valence-corrected chi connectivity index (χ2v) is 3.84. The molecule has 0 aromatic heterocycles. The van der Waals surface area contributed by atoms with Crippen LogP contribution in [-0.2, 0) is 6.18 Å². The first-order valence-corrected chi connectivity index (χ1v) is 5.73. The Kier molecular flexibility index (Phi) is 4.49. The molecule has 0 amide bonds. The third kappa shape index (κ3) is 4.12. The van der Waals surface area contributed by atoms with Crippen LogP contribution < -0.4 is 4.74 Å². The van der Waals surface area contributed by atoms with Gasteiger partial charge >= 0.3 is 12.5 Å². The van der Waals surface area contributed by atoms with Gasteiger partial charge in [0, 0.05) is 0 Å². The lowest BCUT2D eigenvalue weighted by Crippen LogP contribution is -2.21. The molecule has 1 aromatic rings. The zero-order chi connectivity index (χ0) is 14.8. The summed E-state index contributed by atoms with van der Waals surface area (Å²) in [5.74, 6) is -2.33. The van der Waals surface area contributed by atoms with Crippen LogP contribution in [0.3, 0.4) is 0 Å². The second kappa shape index (κ2) is 5.40. The highest BCUT2D eigenvalue weighted by molar-refractivity contribution is 9.09. The van der Waals surface area contributed by atoms with Crippen molar-refractivity contribution >= 4 is 21.7 Å². The predicted molar refractivity (Wildman–Crippen MR) is 56.3 cm³/mol. The van der Waals surface area contributed by atoms with Crippen LogP contribution >= 0.6 is 15.9 Å². The molecule has 0 aliphatic rings. The average Bonchev–Trinajstić information content (AvgIpc) is 2.24. The molecule has 0 fully saturated rings. The Hall–Kier alpha value is -1.25. The summed E-state index contributed by atoms with van der Waals surface area (Å²) in [5, 5.41) is -0.561. The number of halogens is 7. The third-order valence-corrected chi connectivity index (χ3v) is 2.47. The highest BCUT2D eigenvalue weighted by Crippen LogP contribution is 2.38. The van der Waals surface area contributed by atoms with Crippen LogP contribution in [0.1, 0.15) is 15.9 Å². The number of carbonyl (C=O) groups is 1. The minimum Gasteiger partial charge on any atom is -0.405 e. The van der Waals surface area contributed by atoms with Crippen LogP contribution in [0.4, 0.5) is 26.3 Å². The van der Waals surface area contributed by atoms with E-state index in [1.54, 1.807) is 0 Å². The first-order valence-electron chi connectivity index (χ1n) is 4.61. The van der Waals surface area contributed by atoms with Crippen LogP contribution in [0.5, 0.6) is 5.75 Å². The van der Waals surface area contributed by atoms with Crippen molar-refractivity contribution in [3.05, 3.63) is 29.3 Å². The van der Waals surface area contributed by atoms with Crippen LogP contribution in [0.25, 0.3) is 0 Å². The average molecular weight is 351 g/mol. The van der Waals surface area contributed by atoms with Gasteiger partial charge < -0.3 is 4.74 Å². The van der Waals surface area contributed by atoms with Gasteiger partial charge in [0.05, 0.1) is 16.5 Å². The Morgan fingerprint density at radius 1 is 1.16 bits per heavy atom. The van der Waals surface area contributed by atoms with Gasteiger partial charge in [-0.3, -0.25) is 4.79 Å². The number of alkyl halides is 7. The number of hydrogen-bond acceptors (Lipinski definition) is 2. The molecular formula is C10H5BrF6O2. The molecule has 9 heteroatoms. The van der Waals surface area contributed by atoms with E-state index in [1.165, 1.54) is 0 Å². The lowest BCUT2D eigenvalue weighted by atomic mass is 10.0. The largest absolute Gasteiger partial charge is 0.573 e. The van der Waals surface area contributed by atoms with E-state index in [9.17, 15) is 31.1 Å². The van der Waals surface area contributed by atoms with Gasteiger partial charge in [0.25, 0.3) is 0 Å². The lowest BCUT2D eigenvalue weighted by Gasteiger charge is -2.16. The van der Waals surface area contributed by atoms with Gasteiger partial charge in [-0.2, -0.15) is 13.2 Å². The smallest absolute Gasteiger partial charge is 0.405 e. The molecule has 0 saturated carbocycles. The maximum absolute atomic E-state index is 12.7. The zero-order valence-electron chi connectivity index (χ0n) is 8.90. The van der Waals surface area contributed by atoms with Crippen molar-refractivity contribution in [2.24, 2.45) is 0 Å². The standard InChI is InChI=1S/C10H5BrF6O2/c11-4-6(18)8-5(9(12,13)14)2-1-3-7(8)19-10(15,16)17/h1-3H,4H2. The van der Waals surface area contributed by atoms with Crippen LogP contribution in [0.15, 0.2) is 18.2 Å². The van der Waals surface area contributed by atoms with Gasteiger partial charge in [-0.1, -0.05) is 22.0 Å². The fraction of sp³-hybridized carbons (Fsp3) is 0.300. The van der Waals surface area contributed by atoms with Gasteiger partial charge in [-0.05, 0) is 12.1 Å². The Morgan fingerprint density at radius 2 is 1.74 bits per heavy atom. The number of benzene rings is 1. The minimum atomic E-state index is -5.19. The summed E-state index contributed by atoms with van der Waals surface area (Å²) < 4.78 is 77.7. The lowest BCUT2D eigenvalue weighted by molar-refractivity contribution is -0.274. The van der Waals surface area contributed by atoms with Crippen molar-refractivity contribution in [3.8, 4) is 5.75 Å². The Morgan fingerprint density at radius 3 is 2.16 bits per heavy atom. The van der Waals surface area contributed by atoms with Crippen LogP contribution in [-0.4, -0.2) is 17.5 Å². The zero-order valence-corrected chi connectivity index (χ0v) is 10.5. The van der Waals surface area contributed by atoms with E-state index in [2.05, 4.69) is 20.7 Å². The van der Waals surface area contributed by atoms with Gasteiger partial charge in [-0.15, -0.1) is 13.2 Å². The molecule has 1 aromatic carbocycles. The summed E-state index contributed by atoms with van der Waals surface area (Å²) >= 11 is 2.61. The van der Waals surface area contributed by atoms with E-state index in [-0.39, 0.29) is 0 Å². The Labute approximate surface area is 111 Å². The summed E-state index contributed by atoms with van der Waals surface area (Å²) in [6.07, 6.45) is -10.1. The summed E-state index contributed by atoms with van der Waals surface area (Å²) in [6, 6.07) is 1.90. The van der Waals surface area contributed by atoms with Crippen molar-refractivity contribution in [2.45, 2.75) is 12.5 Å². The third-order valence-electron chi connectivity index (χ3n) is 1.96. The van der Waals surface area contributed by atoms with Crippen molar-refractivity contribution in [1.82, 2.24) is 0 Å². The van der Waals surface area contributed by atoms with Crippen molar-refractivity contribution < 1.29 is 35.9 Å². The maximum Gasteiger partial charge on any atom is 0.573 e. The molecule has 0 saturated heterocycles. The first-order chi connectivity index (χ1) is 8.56. The van der Waals surface area contributed by atoms with E-state index in [0.29, 0.717) is 12.1 Å². The Bertz CT molecular complexity index is 480. The number of rotatable bonds is 3. The van der Waals surface area contributed by atoms with Crippen LogP contribution in [0, 0.1) is 0 Å². The van der Waals surface area contributed by atoms with Crippen molar-refractivity contribution in [3.63, 3.8) is 0 Å². The Balaban J connectivity index is 3.44. The molecule has 0 atom stereocenters. The molecule has 19 heavy (non-hydrogen) atoms. The quantitative estimate of drug-likeness (QED) is 0.464. The second-order valence-electron chi connectivity index (χ2n) is 3.28. The molecule has 106 valence electrons. The van der Waals surface area contributed by atoms with Crippen molar-refractivity contribution in [2.75, 3.05) is 5.33 Å². The fourth-order valence-corrected chi connectivity index (χ4v) is 1.61. The summed E-state index contributed by atoms with van der Waals surface area (Å²) in [6.45, 7) is 0. The summed E-state index contributed by atoms with van der Waals surface area (Å²) in [4.78, 5) is 11.4. The minimum absolute atomic E-state index is 0.513. The van der Waals surface area contributed by atoms with Crippen molar-refractivity contribution in [1.29, 1.82) is 0 Å². The number of Topliss-reactive ketones (excluding diaryl/α,β-unsaturated/α-hetero) is 1. The number of ketones is 1. The van der Waals surface area contributed by atoms with Crippen LogP contribution in [0.2, 0.25) is 0 Å². The fourth-order valence-electron chi connectivity index (χ4n) is 1.33. The topological polar surface area (TPSA) is 26.3 Å². The highest BCUT2D eigenvalue weighted by Gasteiger charge is 2.39. The van der Waals surface area contributed by atoms with Gasteiger partial charge in [0.2, 0.25) is 0 Å². The number of hydrogen-bond donors (Lipinski definition) is 0. The summed E-state index contributed by atoms with van der Waals surface area (Å²) in [5.41, 5.74) is -2.62. The maximum atomic E-state index is 12.7.